The Kier molecular flexibility index (Phi) is 4.64. The first-order valence-electron chi connectivity index (χ1n) is 6.63. The Balaban J connectivity index is 1.88. The fourth-order valence-corrected chi connectivity index (χ4v) is 2.28. The van der Waals surface area contributed by atoms with E-state index in [1.807, 2.05) is 12.2 Å². The van der Waals surface area contributed by atoms with Gasteiger partial charge in [-0.1, -0.05) is 30.7 Å². The first-order valence-corrected chi connectivity index (χ1v) is 6.63. The molecular formula is C15H18F3N. The molecule has 0 aliphatic carbocycles. The van der Waals surface area contributed by atoms with E-state index in [1.165, 1.54) is 31.4 Å². The highest BCUT2D eigenvalue weighted by Gasteiger charge is 2.29. The highest BCUT2D eigenvalue weighted by atomic mass is 19.4. The summed E-state index contributed by atoms with van der Waals surface area (Å²) in [6.07, 6.45) is 4.26. The van der Waals surface area contributed by atoms with Crippen LogP contribution < -0.4 is 5.32 Å². The summed E-state index contributed by atoms with van der Waals surface area (Å²) in [5.41, 5.74) is 0.211. The number of rotatable bonds is 3. The van der Waals surface area contributed by atoms with Crippen molar-refractivity contribution < 1.29 is 13.2 Å². The van der Waals surface area contributed by atoms with Crippen LogP contribution in [0.15, 0.2) is 30.3 Å². The zero-order valence-corrected chi connectivity index (χ0v) is 10.7. The molecule has 1 unspecified atom stereocenters. The Morgan fingerprint density at radius 1 is 1.16 bits per heavy atom. The van der Waals surface area contributed by atoms with Crippen molar-refractivity contribution in [1.29, 1.82) is 0 Å². The predicted molar refractivity (Wildman–Crippen MR) is 70.7 cm³/mol. The lowest BCUT2D eigenvalue weighted by molar-refractivity contribution is -0.137. The van der Waals surface area contributed by atoms with E-state index >= 15 is 0 Å². The van der Waals surface area contributed by atoms with Gasteiger partial charge in [0.1, 0.15) is 0 Å². The third kappa shape index (κ3) is 4.39. The quantitative estimate of drug-likeness (QED) is 0.865. The van der Waals surface area contributed by atoms with Gasteiger partial charge < -0.3 is 5.32 Å². The standard InChI is InChI=1S/C15H18F3N/c16-15(17,18)13-9-7-12(8-10-13)4-3-6-14-5-1-2-11-19-14/h3-4,7-10,14,19H,1-2,5-6,11H2. The number of piperidine rings is 1. The van der Waals surface area contributed by atoms with Gasteiger partial charge in [-0.15, -0.1) is 0 Å². The van der Waals surface area contributed by atoms with E-state index in [4.69, 9.17) is 0 Å². The molecule has 1 saturated heterocycles. The Morgan fingerprint density at radius 2 is 1.89 bits per heavy atom. The van der Waals surface area contributed by atoms with Crippen molar-refractivity contribution in [3.63, 3.8) is 0 Å². The summed E-state index contributed by atoms with van der Waals surface area (Å²) in [4.78, 5) is 0. The number of hydrogen-bond donors (Lipinski definition) is 1. The molecule has 1 heterocycles. The average molecular weight is 269 g/mol. The smallest absolute Gasteiger partial charge is 0.314 e. The van der Waals surface area contributed by atoms with E-state index in [0.717, 1.165) is 30.7 Å². The van der Waals surface area contributed by atoms with Gasteiger partial charge in [0, 0.05) is 6.04 Å². The highest BCUT2D eigenvalue weighted by Crippen LogP contribution is 2.29. The lowest BCUT2D eigenvalue weighted by atomic mass is 10.0. The van der Waals surface area contributed by atoms with Crippen LogP contribution in [0.1, 0.15) is 36.8 Å². The monoisotopic (exact) mass is 269 g/mol. The molecule has 0 bridgehead atoms. The Morgan fingerprint density at radius 3 is 2.47 bits per heavy atom. The van der Waals surface area contributed by atoms with Crippen LogP contribution >= 0.6 is 0 Å². The molecule has 1 fully saturated rings. The van der Waals surface area contributed by atoms with Crippen LogP contribution in [0.25, 0.3) is 6.08 Å². The van der Waals surface area contributed by atoms with E-state index in [9.17, 15) is 13.2 Å². The highest BCUT2D eigenvalue weighted by molar-refractivity contribution is 5.49. The summed E-state index contributed by atoms with van der Waals surface area (Å²) in [5, 5.41) is 3.43. The second-order valence-electron chi connectivity index (χ2n) is 4.90. The van der Waals surface area contributed by atoms with Gasteiger partial charge in [-0.3, -0.25) is 0 Å². The van der Waals surface area contributed by atoms with Gasteiger partial charge in [0.05, 0.1) is 5.56 Å². The minimum atomic E-state index is -4.26. The van der Waals surface area contributed by atoms with E-state index in [1.54, 1.807) is 0 Å². The normalized spacial score (nSPS) is 20.9. The van der Waals surface area contributed by atoms with Crippen molar-refractivity contribution in [2.24, 2.45) is 0 Å². The number of hydrogen-bond acceptors (Lipinski definition) is 1. The van der Waals surface area contributed by atoms with Crippen molar-refractivity contribution >= 4 is 6.08 Å². The van der Waals surface area contributed by atoms with Gasteiger partial charge in [0.15, 0.2) is 0 Å². The number of alkyl halides is 3. The first kappa shape index (κ1) is 14.1. The molecule has 2 rings (SSSR count). The lowest BCUT2D eigenvalue weighted by Gasteiger charge is -2.21. The molecule has 1 N–H and O–H groups in total. The van der Waals surface area contributed by atoms with Crippen LogP contribution in [0.3, 0.4) is 0 Å². The lowest BCUT2D eigenvalue weighted by Crippen LogP contribution is -2.33. The Labute approximate surface area is 111 Å². The van der Waals surface area contributed by atoms with Crippen molar-refractivity contribution in [3.8, 4) is 0 Å². The molecule has 1 aliphatic heterocycles. The minimum Gasteiger partial charge on any atom is -0.314 e. The van der Waals surface area contributed by atoms with Crippen molar-refractivity contribution in [2.45, 2.75) is 37.9 Å². The van der Waals surface area contributed by atoms with E-state index in [0.29, 0.717) is 6.04 Å². The van der Waals surface area contributed by atoms with Crippen LogP contribution in [0.4, 0.5) is 13.2 Å². The van der Waals surface area contributed by atoms with Gasteiger partial charge in [0.2, 0.25) is 0 Å². The molecule has 104 valence electrons. The summed E-state index contributed by atoms with van der Waals surface area (Å²) in [5.74, 6) is 0. The molecule has 0 amide bonds. The molecule has 4 heteroatoms. The zero-order valence-electron chi connectivity index (χ0n) is 10.7. The SMILES string of the molecule is FC(F)(F)c1ccc(C=CCC2CCCCN2)cc1. The molecule has 1 aliphatic rings. The molecule has 1 aromatic rings. The molecule has 1 atom stereocenters. The molecule has 0 saturated carbocycles. The average Bonchev–Trinajstić information content (AvgIpc) is 2.39. The number of halogens is 3. The van der Waals surface area contributed by atoms with E-state index in [-0.39, 0.29) is 0 Å². The minimum absolute atomic E-state index is 0.513. The molecule has 1 aromatic carbocycles. The van der Waals surface area contributed by atoms with Crippen molar-refractivity contribution in [3.05, 3.63) is 41.5 Å². The van der Waals surface area contributed by atoms with Gasteiger partial charge >= 0.3 is 6.18 Å². The molecule has 19 heavy (non-hydrogen) atoms. The fraction of sp³-hybridized carbons (Fsp3) is 0.467. The maximum Gasteiger partial charge on any atom is 0.416 e. The third-order valence-electron chi connectivity index (χ3n) is 3.38. The Bertz CT molecular complexity index is 414. The molecule has 1 nitrogen and oxygen atoms in total. The van der Waals surface area contributed by atoms with E-state index in [2.05, 4.69) is 5.32 Å². The molecule has 0 spiro atoms. The third-order valence-corrected chi connectivity index (χ3v) is 3.38. The summed E-state index contributed by atoms with van der Waals surface area (Å²) in [6, 6.07) is 5.78. The van der Waals surface area contributed by atoms with Gasteiger partial charge in [0.25, 0.3) is 0 Å². The van der Waals surface area contributed by atoms with Crippen LogP contribution in [0, 0.1) is 0 Å². The van der Waals surface area contributed by atoms with Crippen LogP contribution in [-0.2, 0) is 6.18 Å². The maximum absolute atomic E-state index is 12.4. The second-order valence-corrected chi connectivity index (χ2v) is 4.90. The number of benzene rings is 1. The van der Waals surface area contributed by atoms with Gasteiger partial charge in [-0.05, 0) is 43.5 Å². The predicted octanol–water partition coefficient (Wildman–Crippen LogP) is 4.25. The van der Waals surface area contributed by atoms with E-state index < -0.39 is 11.7 Å². The van der Waals surface area contributed by atoms with Crippen molar-refractivity contribution in [2.75, 3.05) is 6.54 Å². The second kappa shape index (κ2) is 6.24. The largest absolute Gasteiger partial charge is 0.416 e. The maximum atomic E-state index is 12.4. The molecule has 0 aromatic heterocycles. The fourth-order valence-electron chi connectivity index (χ4n) is 2.28. The topological polar surface area (TPSA) is 12.0 Å². The summed E-state index contributed by atoms with van der Waals surface area (Å²) < 4.78 is 37.2. The Hall–Kier alpha value is -1.29. The van der Waals surface area contributed by atoms with Gasteiger partial charge in [-0.25, -0.2) is 0 Å². The van der Waals surface area contributed by atoms with Crippen molar-refractivity contribution in [1.82, 2.24) is 5.32 Å². The van der Waals surface area contributed by atoms with Crippen LogP contribution in [-0.4, -0.2) is 12.6 Å². The van der Waals surface area contributed by atoms with Gasteiger partial charge in [-0.2, -0.15) is 13.2 Å². The zero-order chi connectivity index (χ0) is 13.7. The summed E-state index contributed by atoms with van der Waals surface area (Å²) >= 11 is 0. The number of nitrogens with one attached hydrogen (secondary N) is 1. The summed E-state index contributed by atoms with van der Waals surface area (Å²) in [6.45, 7) is 1.07. The summed E-state index contributed by atoms with van der Waals surface area (Å²) in [7, 11) is 0. The molecular weight excluding hydrogens is 251 g/mol. The van der Waals surface area contributed by atoms with Crippen LogP contribution in [0.5, 0.6) is 0 Å². The first-order chi connectivity index (χ1) is 9.05. The molecule has 0 radical (unpaired) electrons. The van der Waals surface area contributed by atoms with Crippen LogP contribution in [0.2, 0.25) is 0 Å².